The molecule has 0 N–H and O–H groups in total. The minimum Gasteiger partial charge on any atom is -0.475 e. The zero-order chi connectivity index (χ0) is 27.5. The lowest BCUT2D eigenvalue weighted by Crippen LogP contribution is -2.58. The lowest BCUT2D eigenvalue weighted by molar-refractivity contribution is -0.950. The van der Waals surface area contributed by atoms with Gasteiger partial charge < -0.3 is 14.2 Å². The first-order valence-corrected chi connectivity index (χ1v) is 14.1. The molecule has 2 heterocycles. The van der Waals surface area contributed by atoms with Gasteiger partial charge in [-0.1, -0.05) is 64.1 Å². The van der Waals surface area contributed by atoms with E-state index in [-0.39, 0.29) is 36.9 Å². The van der Waals surface area contributed by atoms with E-state index in [1.807, 2.05) is 6.07 Å². The van der Waals surface area contributed by atoms with Gasteiger partial charge in [0, 0.05) is 29.9 Å². The number of quaternary nitrogens is 1. The summed E-state index contributed by atoms with van der Waals surface area (Å²) < 4.78 is 27.0. The highest BCUT2D eigenvalue weighted by Gasteiger charge is 2.41. The van der Waals surface area contributed by atoms with Crippen LogP contribution >= 0.6 is 11.7 Å². The van der Waals surface area contributed by atoms with Crippen LogP contribution in [-0.2, 0) is 20.7 Å². The molecule has 206 valence electrons. The molecule has 2 unspecified atom stereocenters. The van der Waals surface area contributed by atoms with E-state index in [0.717, 1.165) is 48.8 Å². The Morgan fingerprint density at radius 2 is 1.92 bits per heavy atom. The molecule has 0 saturated heterocycles. The van der Waals surface area contributed by atoms with Crippen LogP contribution in [0.15, 0.2) is 42.5 Å². The van der Waals surface area contributed by atoms with Crippen molar-refractivity contribution in [3.8, 4) is 11.6 Å². The van der Waals surface area contributed by atoms with E-state index in [9.17, 15) is 9.59 Å². The van der Waals surface area contributed by atoms with Crippen molar-refractivity contribution in [3.05, 3.63) is 53.8 Å². The molecule has 0 radical (unpaired) electrons. The maximum absolute atomic E-state index is 13.1. The SMILES string of the molecule is CC/C=C/CCOc1nsnc1C1=CCC[N+](C)(C(OC(=O)Cc2ccccc2OC(=O)CC)C(C)C)C1. The summed E-state index contributed by atoms with van der Waals surface area (Å²) in [6.45, 7) is 10.0. The first-order valence-electron chi connectivity index (χ1n) is 13.4. The molecule has 1 aliphatic heterocycles. The molecule has 38 heavy (non-hydrogen) atoms. The minimum absolute atomic E-state index is 0.0273. The number of rotatable bonds is 13. The van der Waals surface area contributed by atoms with Gasteiger partial charge in [-0.2, -0.15) is 4.37 Å². The number of likely N-dealkylation sites (N-methyl/N-ethyl adjacent to an activating group) is 1. The molecular formula is C29H40N3O5S+. The minimum atomic E-state index is -0.355. The number of ether oxygens (including phenoxy) is 3. The van der Waals surface area contributed by atoms with Gasteiger partial charge in [0.25, 0.3) is 5.88 Å². The summed E-state index contributed by atoms with van der Waals surface area (Å²) in [5, 5.41) is 0. The number of carbonyl (C=O) groups excluding carboxylic acids is 2. The van der Waals surface area contributed by atoms with E-state index in [1.165, 1.54) is 0 Å². The van der Waals surface area contributed by atoms with Gasteiger partial charge in [-0.15, -0.1) is 4.37 Å². The molecule has 8 nitrogen and oxygen atoms in total. The molecule has 1 aliphatic rings. The van der Waals surface area contributed by atoms with Gasteiger partial charge in [-0.3, -0.25) is 14.1 Å². The molecule has 9 heteroatoms. The summed E-state index contributed by atoms with van der Waals surface area (Å²) in [7, 11) is 2.12. The van der Waals surface area contributed by atoms with E-state index in [0.29, 0.717) is 34.8 Å². The number of benzene rings is 1. The van der Waals surface area contributed by atoms with Crippen LogP contribution in [0.1, 0.15) is 64.6 Å². The van der Waals surface area contributed by atoms with Crippen molar-refractivity contribution >= 4 is 29.2 Å². The van der Waals surface area contributed by atoms with E-state index in [1.54, 1.807) is 25.1 Å². The topological polar surface area (TPSA) is 87.6 Å². The molecule has 1 aromatic heterocycles. The number of hydrogen-bond donors (Lipinski definition) is 0. The predicted molar refractivity (Wildman–Crippen MR) is 149 cm³/mol. The quantitative estimate of drug-likeness (QED) is 0.107. The molecule has 2 aromatic rings. The maximum Gasteiger partial charge on any atom is 0.314 e. The van der Waals surface area contributed by atoms with Gasteiger partial charge in [0.1, 0.15) is 18.0 Å². The molecule has 0 spiro atoms. The van der Waals surface area contributed by atoms with Crippen molar-refractivity contribution < 1.29 is 28.3 Å². The van der Waals surface area contributed by atoms with E-state index >= 15 is 0 Å². The van der Waals surface area contributed by atoms with Crippen molar-refractivity contribution in [1.82, 2.24) is 8.75 Å². The smallest absolute Gasteiger partial charge is 0.314 e. The van der Waals surface area contributed by atoms with E-state index in [4.69, 9.17) is 14.2 Å². The fraction of sp³-hybridized carbons (Fsp3) is 0.517. The summed E-state index contributed by atoms with van der Waals surface area (Å²) in [6.07, 6.45) is 9.03. The highest BCUT2D eigenvalue weighted by molar-refractivity contribution is 6.99. The molecule has 0 bridgehead atoms. The maximum atomic E-state index is 13.1. The van der Waals surface area contributed by atoms with Gasteiger partial charge in [0.15, 0.2) is 0 Å². The second-order valence-electron chi connectivity index (χ2n) is 10.1. The Bertz CT molecular complexity index is 1140. The lowest BCUT2D eigenvalue weighted by Gasteiger charge is -2.44. The normalized spacial score (nSPS) is 18.3. The first kappa shape index (κ1) is 29.5. The largest absolute Gasteiger partial charge is 0.475 e. The number of hydrogen-bond acceptors (Lipinski definition) is 8. The highest BCUT2D eigenvalue weighted by atomic mass is 32.1. The molecule has 0 saturated carbocycles. The van der Waals surface area contributed by atoms with Gasteiger partial charge in [-0.25, -0.2) is 0 Å². The molecule has 3 rings (SSSR count). The number of allylic oxidation sites excluding steroid dienone is 1. The van der Waals surface area contributed by atoms with Crippen LogP contribution in [-0.4, -0.2) is 58.1 Å². The zero-order valence-corrected chi connectivity index (χ0v) is 24.0. The van der Waals surface area contributed by atoms with Crippen molar-refractivity contribution in [2.75, 3.05) is 26.7 Å². The van der Waals surface area contributed by atoms with Gasteiger partial charge >= 0.3 is 11.9 Å². The molecule has 0 aliphatic carbocycles. The second kappa shape index (κ2) is 14.2. The van der Waals surface area contributed by atoms with Crippen LogP contribution in [0, 0.1) is 5.92 Å². The molecular weight excluding hydrogens is 502 g/mol. The van der Waals surface area contributed by atoms with Crippen LogP contribution in [0.3, 0.4) is 0 Å². The van der Waals surface area contributed by atoms with Crippen LogP contribution in [0.2, 0.25) is 0 Å². The van der Waals surface area contributed by atoms with Gasteiger partial charge in [-0.05, 0) is 18.9 Å². The molecule has 2 atom stereocenters. The Labute approximate surface area is 230 Å². The van der Waals surface area contributed by atoms with Crippen molar-refractivity contribution in [2.24, 2.45) is 5.92 Å². The predicted octanol–water partition coefficient (Wildman–Crippen LogP) is 5.59. The third kappa shape index (κ3) is 7.98. The lowest BCUT2D eigenvalue weighted by atomic mass is 10.0. The summed E-state index contributed by atoms with van der Waals surface area (Å²) >= 11 is 1.15. The van der Waals surface area contributed by atoms with Gasteiger partial charge in [0.2, 0.25) is 6.23 Å². The van der Waals surface area contributed by atoms with Crippen LogP contribution in [0.5, 0.6) is 11.6 Å². The van der Waals surface area contributed by atoms with E-state index in [2.05, 4.69) is 54.8 Å². The standard InChI is InChI=1S/C29H40N3O5S/c1-6-8-9-12-18-35-28-27(30-38-31-28)23-15-13-17-32(5,20-23)29(21(3)4)37-26(34)19-22-14-10-11-16-24(22)36-25(33)7-2/h8-11,14-16,21,29H,6-7,12-13,17-20H2,1-5H3/q+1/b9-8+. The Balaban J connectivity index is 1.70. The Kier molecular flexibility index (Phi) is 11.0. The summed E-state index contributed by atoms with van der Waals surface area (Å²) in [4.78, 5) is 25.0. The monoisotopic (exact) mass is 542 g/mol. The Morgan fingerprint density at radius 3 is 2.66 bits per heavy atom. The van der Waals surface area contributed by atoms with Crippen LogP contribution in [0.4, 0.5) is 0 Å². The number of carbonyl (C=O) groups is 2. The first-order chi connectivity index (χ1) is 18.3. The zero-order valence-electron chi connectivity index (χ0n) is 23.1. The third-order valence-corrected chi connectivity index (χ3v) is 7.02. The fourth-order valence-corrected chi connectivity index (χ4v) is 5.23. The molecule has 0 amide bonds. The third-order valence-electron chi connectivity index (χ3n) is 6.51. The van der Waals surface area contributed by atoms with Crippen molar-refractivity contribution in [1.29, 1.82) is 0 Å². The average molecular weight is 543 g/mol. The summed E-state index contributed by atoms with van der Waals surface area (Å²) in [5.74, 6) is 0.365. The Hall–Kier alpha value is -3.04. The van der Waals surface area contributed by atoms with Crippen molar-refractivity contribution in [3.63, 3.8) is 0 Å². The van der Waals surface area contributed by atoms with Crippen molar-refractivity contribution in [2.45, 2.75) is 66.0 Å². The summed E-state index contributed by atoms with van der Waals surface area (Å²) in [5.41, 5.74) is 2.47. The van der Waals surface area contributed by atoms with Crippen LogP contribution in [0.25, 0.3) is 5.57 Å². The summed E-state index contributed by atoms with van der Waals surface area (Å²) in [6, 6.07) is 7.10. The number of nitrogens with zero attached hydrogens (tertiary/aromatic N) is 3. The number of para-hydroxylation sites is 1. The number of esters is 2. The Morgan fingerprint density at radius 1 is 1.13 bits per heavy atom. The van der Waals surface area contributed by atoms with Crippen LogP contribution < -0.4 is 9.47 Å². The molecule has 0 fully saturated rings. The molecule has 1 aromatic carbocycles. The second-order valence-corrected chi connectivity index (χ2v) is 10.6. The average Bonchev–Trinajstić information content (AvgIpc) is 3.36. The number of aromatic nitrogens is 2. The highest BCUT2D eigenvalue weighted by Crippen LogP contribution is 2.33. The van der Waals surface area contributed by atoms with Gasteiger partial charge in [0.05, 0.1) is 38.3 Å². The van der Waals surface area contributed by atoms with E-state index < -0.39 is 0 Å². The fourth-order valence-electron chi connectivity index (χ4n) is 4.69.